The van der Waals surface area contributed by atoms with Gasteiger partial charge in [-0.05, 0) is 38.8 Å². The maximum Gasteiger partial charge on any atom is 0.297 e. The second kappa shape index (κ2) is 11.7. The van der Waals surface area contributed by atoms with E-state index in [2.05, 4.69) is 13.8 Å². The number of hydrogen-bond acceptors (Lipinski definition) is 4. The van der Waals surface area contributed by atoms with Gasteiger partial charge in [0.1, 0.15) is 5.75 Å². The molecular weight excluding hydrogens is 366 g/mol. The number of fused-ring (bicyclic) bond motifs is 1. The molecule has 0 aliphatic rings. The van der Waals surface area contributed by atoms with E-state index in [0.717, 1.165) is 31.1 Å². The van der Waals surface area contributed by atoms with Crippen molar-refractivity contribution in [2.75, 3.05) is 13.2 Å². The van der Waals surface area contributed by atoms with Gasteiger partial charge in [0.2, 0.25) is 5.75 Å². The zero-order valence-electron chi connectivity index (χ0n) is 18.5. The van der Waals surface area contributed by atoms with E-state index in [-0.39, 0.29) is 17.4 Å². The van der Waals surface area contributed by atoms with Gasteiger partial charge in [-0.1, -0.05) is 52.4 Å². The molecule has 5 nitrogen and oxygen atoms in total. The Kier molecular flexibility index (Phi) is 9.36. The van der Waals surface area contributed by atoms with E-state index in [1.165, 1.54) is 25.7 Å². The first kappa shape index (κ1) is 23.1. The zero-order valence-corrected chi connectivity index (χ0v) is 18.5. The van der Waals surface area contributed by atoms with Crippen LogP contribution in [-0.2, 0) is 0 Å². The maximum absolute atomic E-state index is 13.3. The summed E-state index contributed by atoms with van der Waals surface area (Å²) in [6, 6.07) is 5.00. The number of aromatic hydroxyl groups is 1. The van der Waals surface area contributed by atoms with E-state index in [9.17, 15) is 9.90 Å². The first-order valence-electron chi connectivity index (χ1n) is 11.2. The van der Waals surface area contributed by atoms with Crippen molar-refractivity contribution < 1.29 is 14.6 Å². The number of benzene rings is 1. The number of hydrogen-bond donors (Lipinski definition) is 1. The Balaban J connectivity index is 2.34. The molecule has 0 saturated heterocycles. The van der Waals surface area contributed by atoms with Crippen LogP contribution in [0, 0.1) is 0 Å². The van der Waals surface area contributed by atoms with E-state index >= 15 is 0 Å². The van der Waals surface area contributed by atoms with Crippen LogP contribution in [0.3, 0.4) is 0 Å². The number of phenolic OH excluding ortho intramolecular Hbond substituents is 1. The number of phenols is 1. The van der Waals surface area contributed by atoms with E-state index < -0.39 is 0 Å². The normalized spacial score (nSPS) is 11.3. The minimum Gasteiger partial charge on any atom is -0.508 e. The van der Waals surface area contributed by atoms with Gasteiger partial charge in [-0.2, -0.15) is 0 Å². The summed E-state index contributed by atoms with van der Waals surface area (Å²) in [4.78, 5) is 13.3. The minimum atomic E-state index is -0.199. The predicted molar refractivity (Wildman–Crippen MR) is 120 cm³/mol. The third-order valence-corrected chi connectivity index (χ3v) is 5.11. The summed E-state index contributed by atoms with van der Waals surface area (Å²) in [6.07, 6.45) is 8.90. The lowest BCUT2D eigenvalue weighted by Gasteiger charge is -2.20. The molecule has 0 aliphatic heterocycles. The molecule has 162 valence electrons. The largest absolute Gasteiger partial charge is 0.508 e. The SMILES string of the molecule is CCCCCCCCOc1c(OCCCC)c2ccc(O)cc2n(C(C)C)c1=O. The molecule has 1 heterocycles. The summed E-state index contributed by atoms with van der Waals surface area (Å²) in [5, 5.41) is 10.8. The van der Waals surface area contributed by atoms with Gasteiger partial charge in [0.05, 0.1) is 18.7 Å². The molecule has 0 atom stereocenters. The Morgan fingerprint density at radius 2 is 1.52 bits per heavy atom. The summed E-state index contributed by atoms with van der Waals surface area (Å²) >= 11 is 0. The molecule has 0 amide bonds. The van der Waals surface area contributed by atoms with Crippen molar-refractivity contribution in [3.8, 4) is 17.2 Å². The van der Waals surface area contributed by atoms with Crippen LogP contribution in [0.5, 0.6) is 17.2 Å². The number of aromatic nitrogens is 1. The van der Waals surface area contributed by atoms with Crippen LogP contribution in [0.1, 0.15) is 85.1 Å². The number of nitrogens with zero attached hydrogens (tertiary/aromatic N) is 1. The average molecular weight is 404 g/mol. The van der Waals surface area contributed by atoms with Gasteiger partial charge in [-0.15, -0.1) is 0 Å². The van der Waals surface area contributed by atoms with E-state index in [1.807, 2.05) is 19.9 Å². The molecule has 2 rings (SSSR count). The van der Waals surface area contributed by atoms with Crippen LogP contribution < -0.4 is 15.0 Å². The highest BCUT2D eigenvalue weighted by Gasteiger charge is 2.21. The lowest BCUT2D eigenvalue weighted by Crippen LogP contribution is -2.25. The summed E-state index contributed by atoms with van der Waals surface area (Å²) in [7, 11) is 0. The Bertz CT molecular complexity index is 826. The lowest BCUT2D eigenvalue weighted by molar-refractivity contribution is 0.257. The molecule has 0 radical (unpaired) electrons. The number of rotatable bonds is 13. The van der Waals surface area contributed by atoms with Crippen molar-refractivity contribution in [1.82, 2.24) is 4.57 Å². The second-order valence-corrected chi connectivity index (χ2v) is 7.95. The van der Waals surface area contributed by atoms with Gasteiger partial charge in [-0.25, -0.2) is 0 Å². The fourth-order valence-electron chi connectivity index (χ4n) is 3.51. The highest BCUT2D eigenvalue weighted by Crippen LogP contribution is 2.35. The van der Waals surface area contributed by atoms with E-state index in [1.54, 1.807) is 16.7 Å². The quantitative estimate of drug-likeness (QED) is 0.404. The highest BCUT2D eigenvalue weighted by molar-refractivity contribution is 5.89. The number of ether oxygens (including phenoxy) is 2. The first-order chi connectivity index (χ1) is 14.0. The highest BCUT2D eigenvalue weighted by atomic mass is 16.5. The van der Waals surface area contributed by atoms with Gasteiger partial charge >= 0.3 is 0 Å². The minimum absolute atomic E-state index is 0.0621. The lowest BCUT2D eigenvalue weighted by atomic mass is 10.1. The number of pyridine rings is 1. The van der Waals surface area contributed by atoms with E-state index in [0.29, 0.717) is 30.2 Å². The Hall–Kier alpha value is -2.17. The zero-order chi connectivity index (χ0) is 21.2. The molecule has 1 aromatic heterocycles. The van der Waals surface area contributed by atoms with Crippen LogP contribution in [0.15, 0.2) is 23.0 Å². The summed E-state index contributed by atoms with van der Waals surface area (Å²) in [6.45, 7) is 9.27. The summed E-state index contributed by atoms with van der Waals surface area (Å²) < 4.78 is 13.7. The van der Waals surface area contributed by atoms with Crippen molar-refractivity contribution in [1.29, 1.82) is 0 Å². The van der Waals surface area contributed by atoms with Crippen LogP contribution >= 0.6 is 0 Å². The Morgan fingerprint density at radius 1 is 0.897 bits per heavy atom. The van der Waals surface area contributed by atoms with Crippen molar-refractivity contribution >= 4 is 10.9 Å². The van der Waals surface area contributed by atoms with Crippen LogP contribution in [0.2, 0.25) is 0 Å². The standard InChI is InChI=1S/C24H37NO4/c1-5-7-9-10-11-12-16-29-23-22(28-15-8-6-2)20-14-13-19(26)17-21(20)25(18(3)4)24(23)27/h13-14,17-18,26H,5-12,15-16H2,1-4H3. The average Bonchev–Trinajstić information content (AvgIpc) is 2.68. The maximum atomic E-state index is 13.3. The van der Waals surface area contributed by atoms with Gasteiger partial charge in [0.25, 0.3) is 5.56 Å². The molecule has 2 aromatic rings. The molecule has 0 aliphatic carbocycles. The number of unbranched alkanes of at least 4 members (excludes halogenated alkanes) is 6. The fourth-order valence-corrected chi connectivity index (χ4v) is 3.51. The predicted octanol–water partition coefficient (Wildman–Crippen LogP) is 6.21. The Morgan fingerprint density at radius 3 is 2.21 bits per heavy atom. The summed E-state index contributed by atoms with van der Waals surface area (Å²) in [5.74, 6) is 0.925. The molecule has 1 N–H and O–H groups in total. The van der Waals surface area contributed by atoms with Gasteiger partial charge in [0.15, 0.2) is 5.75 Å². The van der Waals surface area contributed by atoms with E-state index in [4.69, 9.17) is 9.47 Å². The van der Waals surface area contributed by atoms with Gasteiger partial charge in [-0.3, -0.25) is 4.79 Å². The molecule has 0 bridgehead atoms. The first-order valence-corrected chi connectivity index (χ1v) is 11.2. The molecule has 0 saturated carbocycles. The molecule has 29 heavy (non-hydrogen) atoms. The van der Waals surface area contributed by atoms with Gasteiger partial charge in [0, 0.05) is 17.5 Å². The fraction of sp³-hybridized carbons (Fsp3) is 0.625. The van der Waals surface area contributed by atoms with Crippen molar-refractivity contribution in [3.63, 3.8) is 0 Å². The van der Waals surface area contributed by atoms with Gasteiger partial charge < -0.3 is 19.1 Å². The molecule has 5 heteroatoms. The third kappa shape index (κ3) is 6.15. The van der Waals surface area contributed by atoms with Crippen LogP contribution in [-0.4, -0.2) is 22.9 Å². The monoisotopic (exact) mass is 403 g/mol. The molecule has 1 aromatic carbocycles. The summed E-state index contributed by atoms with van der Waals surface area (Å²) in [5.41, 5.74) is 0.471. The topological polar surface area (TPSA) is 60.7 Å². The van der Waals surface area contributed by atoms with Crippen molar-refractivity contribution in [2.24, 2.45) is 0 Å². The molecular formula is C24H37NO4. The van der Waals surface area contributed by atoms with Crippen molar-refractivity contribution in [2.45, 2.75) is 85.1 Å². The van der Waals surface area contributed by atoms with Crippen molar-refractivity contribution in [3.05, 3.63) is 28.6 Å². The smallest absolute Gasteiger partial charge is 0.297 e. The van der Waals surface area contributed by atoms with Crippen LogP contribution in [0.4, 0.5) is 0 Å². The molecule has 0 unspecified atom stereocenters. The molecule has 0 spiro atoms. The molecule has 0 fully saturated rings. The Labute approximate surface area is 174 Å². The third-order valence-electron chi connectivity index (χ3n) is 5.11. The van der Waals surface area contributed by atoms with Crippen LogP contribution in [0.25, 0.3) is 10.9 Å². The second-order valence-electron chi connectivity index (χ2n) is 7.95.